The first-order valence-electron chi connectivity index (χ1n) is 7.72. The summed E-state index contributed by atoms with van der Waals surface area (Å²) >= 11 is 0. The van der Waals surface area contributed by atoms with Gasteiger partial charge < -0.3 is 9.84 Å². The predicted octanol–water partition coefficient (Wildman–Crippen LogP) is 3.16. The second-order valence-electron chi connectivity index (χ2n) is 6.13. The highest BCUT2D eigenvalue weighted by Gasteiger charge is 2.21. The van der Waals surface area contributed by atoms with E-state index in [9.17, 15) is 4.79 Å². The Morgan fingerprint density at radius 3 is 2.71 bits per heavy atom. The van der Waals surface area contributed by atoms with Crippen LogP contribution in [0.3, 0.4) is 0 Å². The van der Waals surface area contributed by atoms with Crippen molar-refractivity contribution in [3.05, 3.63) is 29.8 Å². The van der Waals surface area contributed by atoms with Crippen LogP contribution in [-0.4, -0.2) is 35.2 Å². The standard InChI is InChI=1S/C17H25NO3/c1-13(2)21-16-5-3-4-15(10-16)12-18-8-6-14(7-9-18)11-17(19)20/h3-5,10,13-14H,6-9,11-12H2,1-2H3,(H,19,20). The van der Waals surface area contributed by atoms with Gasteiger partial charge in [-0.1, -0.05) is 12.1 Å². The Labute approximate surface area is 126 Å². The molecule has 1 aliphatic heterocycles. The number of nitrogens with zero attached hydrogens (tertiary/aromatic N) is 1. The summed E-state index contributed by atoms with van der Waals surface area (Å²) in [4.78, 5) is 13.1. The largest absolute Gasteiger partial charge is 0.491 e. The minimum atomic E-state index is -0.674. The maximum Gasteiger partial charge on any atom is 0.303 e. The molecule has 21 heavy (non-hydrogen) atoms. The van der Waals surface area contributed by atoms with E-state index in [2.05, 4.69) is 17.0 Å². The van der Waals surface area contributed by atoms with Gasteiger partial charge in [0.1, 0.15) is 5.75 Å². The van der Waals surface area contributed by atoms with Crippen LogP contribution in [0.4, 0.5) is 0 Å². The van der Waals surface area contributed by atoms with Crippen LogP contribution in [0.25, 0.3) is 0 Å². The molecule has 0 saturated carbocycles. The van der Waals surface area contributed by atoms with Crippen molar-refractivity contribution in [2.45, 2.75) is 45.8 Å². The van der Waals surface area contributed by atoms with Crippen LogP contribution in [0, 0.1) is 5.92 Å². The fourth-order valence-electron chi connectivity index (χ4n) is 2.84. The Bertz CT molecular complexity index is 465. The van der Waals surface area contributed by atoms with E-state index < -0.39 is 5.97 Å². The van der Waals surface area contributed by atoms with Crippen molar-refractivity contribution < 1.29 is 14.6 Å². The molecule has 1 aromatic rings. The van der Waals surface area contributed by atoms with E-state index in [1.165, 1.54) is 5.56 Å². The molecular formula is C17H25NO3. The van der Waals surface area contributed by atoms with E-state index >= 15 is 0 Å². The average molecular weight is 291 g/mol. The molecule has 0 aromatic heterocycles. The Morgan fingerprint density at radius 2 is 2.10 bits per heavy atom. The summed E-state index contributed by atoms with van der Waals surface area (Å²) < 4.78 is 5.72. The van der Waals surface area contributed by atoms with Gasteiger partial charge in [-0.25, -0.2) is 0 Å². The van der Waals surface area contributed by atoms with Crippen LogP contribution in [0.2, 0.25) is 0 Å². The second-order valence-corrected chi connectivity index (χ2v) is 6.13. The quantitative estimate of drug-likeness (QED) is 0.874. The van der Waals surface area contributed by atoms with Crippen LogP contribution in [0.5, 0.6) is 5.75 Å². The Kier molecular flexibility index (Phi) is 5.62. The highest BCUT2D eigenvalue weighted by atomic mass is 16.5. The topological polar surface area (TPSA) is 49.8 Å². The number of carboxylic acid groups (broad SMARTS) is 1. The van der Waals surface area contributed by atoms with Crippen molar-refractivity contribution in [1.29, 1.82) is 0 Å². The van der Waals surface area contributed by atoms with E-state index in [1.807, 2.05) is 26.0 Å². The smallest absolute Gasteiger partial charge is 0.303 e. The summed E-state index contributed by atoms with van der Waals surface area (Å²) in [5, 5.41) is 8.84. The highest BCUT2D eigenvalue weighted by Crippen LogP contribution is 2.23. The van der Waals surface area contributed by atoms with E-state index in [0.29, 0.717) is 12.3 Å². The minimum Gasteiger partial charge on any atom is -0.491 e. The molecule has 1 saturated heterocycles. The maximum absolute atomic E-state index is 10.7. The number of benzene rings is 1. The zero-order valence-corrected chi connectivity index (χ0v) is 12.9. The van der Waals surface area contributed by atoms with Gasteiger partial charge in [0, 0.05) is 13.0 Å². The first kappa shape index (κ1) is 15.8. The summed E-state index contributed by atoms with van der Waals surface area (Å²) in [6, 6.07) is 8.24. The molecule has 4 heteroatoms. The van der Waals surface area contributed by atoms with Gasteiger partial charge in [-0.3, -0.25) is 9.69 Å². The molecular weight excluding hydrogens is 266 g/mol. The molecule has 1 N–H and O–H groups in total. The SMILES string of the molecule is CC(C)Oc1cccc(CN2CCC(CC(=O)O)CC2)c1. The van der Waals surface area contributed by atoms with Crippen LogP contribution in [0.15, 0.2) is 24.3 Å². The number of hydrogen-bond acceptors (Lipinski definition) is 3. The number of aliphatic carboxylic acids is 1. The maximum atomic E-state index is 10.7. The monoisotopic (exact) mass is 291 g/mol. The summed E-state index contributed by atoms with van der Waals surface area (Å²) in [7, 11) is 0. The highest BCUT2D eigenvalue weighted by molar-refractivity contribution is 5.67. The van der Waals surface area contributed by atoms with Crippen molar-refractivity contribution in [2.24, 2.45) is 5.92 Å². The molecule has 0 radical (unpaired) electrons. The Balaban J connectivity index is 1.84. The van der Waals surface area contributed by atoms with Crippen LogP contribution < -0.4 is 4.74 Å². The number of ether oxygens (including phenoxy) is 1. The van der Waals surface area contributed by atoms with Crippen LogP contribution >= 0.6 is 0 Å². The Morgan fingerprint density at radius 1 is 1.38 bits per heavy atom. The number of likely N-dealkylation sites (tertiary alicyclic amines) is 1. The molecule has 0 amide bonds. The fraction of sp³-hybridized carbons (Fsp3) is 0.588. The number of carboxylic acids is 1. The lowest BCUT2D eigenvalue weighted by molar-refractivity contribution is -0.138. The number of rotatable bonds is 6. The van der Waals surface area contributed by atoms with Crippen molar-refractivity contribution in [1.82, 2.24) is 4.90 Å². The third kappa shape index (κ3) is 5.38. The molecule has 0 atom stereocenters. The predicted molar refractivity (Wildman–Crippen MR) is 82.5 cm³/mol. The molecule has 1 fully saturated rings. The van der Waals surface area contributed by atoms with Gasteiger partial charge >= 0.3 is 5.97 Å². The average Bonchev–Trinajstić information content (AvgIpc) is 2.40. The third-order valence-corrected chi connectivity index (χ3v) is 3.85. The van der Waals surface area contributed by atoms with Crippen molar-refractivity contribution in [2.75, 3.05) is 13.1 Å². The molecule has 1 aromatic carbocycles. The molecule has 0 spiro atoms. The van der Waals surface area contributed by atoms with Gasteiger partial charge in [-0.05, 0) is 63.4 Å². The zero-order chi connectivity index (χ0) is 15.2. The first-order valence-corrected chi connectivity index (χ1v) is 7.72. The molecule has 0 unspecified atom stereocenters. The van der Waals surface area contributed by atoms with E-state index in [-0.39, 0.29) is 6.10 Å². The van der Waals surface area contributed by atoms with Gasteiger partial charge in [0.05, 0.1) is 6.10 Å². The molecule has 0 bridgehead atoms. The molecule has 116 valence electrons. The van der Waals surface area contributed by atoms with Crippen LogP contribution in [0.1, 0.15) is 38.7 Å². The second kappa shape index (κ2) is 7.46. The van der Waals surface area contributed by atoms with E-state index in [1.54, 1.807) is 0 Å². The lowest BCUT2D eigenvalue weighted by atomic mass is 9.93. The first-order chi connectivity index (χ1) is 10.0. The van der Waals surface area contributed by atoms with Gasteiger partial charge in [0.2, 0.25) is 0 Å². The number of carbonyl (C=O) groups is 1. The molecule has 1 heterocycles. The number of hydrogen-bond donors (Lipinski definition) is 1. The lowest BCUT2D eigenvalue weighted by Crippen LogP contribution is -2.33. The number of piperidine rings is 1. The third-order valence-electron chi connectivity index (χ3n) is 3.85. The van der Waals surface area contributed by atoms with Crippen molar-refractivity contribution in [3.8, 4) is 5.75 Å². The van der Waals surface area contributed by atoms with Gasteiger partial charge in [0.15, 0.2) is 0 Å². The minimum absolute atomic E-state index is 0.187. The van der Waals surface area contributed by atoms with E-state index in [0.717, 1.165) is 38.2 Å². The lowest BCUT2D eigenvalue weighted by Gasteiger charge is -2.31. The van der Waals surface area contributed by atoms with Crippen molar-refractivity contribution in [3.63, 3.8) is 0 Å². The van der Waals surface area contributed by atoms with Gasteiger partial charge in [0.25, 0.3) is 0 Å². The summed E-state index contributed by atoms with van der Waals surface area (Å²) in [5.74, 6) is 0.588. The molecule has 2 rings (SSSR count). The van der Waals surface area contributed by atoms with Crippen LogP contribution in [-0.2, 0) is 11.3 Å². The van der Waals surface area contributed by atoms with Gasteiger partial charge in [-0.2, -0.15) is 0 Å². The molecule has 0 aliphatic carbocycles. The van der Waals surface area contributed by atoms with Crippen molar-refractivity contribution >= 4 is 5.97 Å². The summed E-state index contributed by atoms with van der Waals surface area (Å²) in [6.45, 7) is 6.93. The Hall–Kier alpha value is -1.55. The van der Waals surface area contributed by atoms with Gasteiger partial charge in [-0.15, -0.1) is 0 Å². The molecule has 1 aliphatic rings. The van der Waals surface area contributed by atoms with E-state index in [4.69, 9.17) is 9.84 Å². The fourth-order valence-corrected chi connectivity index (χ4v) is 2.84. The summed E-state index contributed by atoms with van der Waals surface area (Å²) in [5.41, 5.74) is 1.25. The molecule has 4 nitrogen and oxygen atoms in total. The zero-order valence-electron chi connectivity index (χ0n) is 12.9. The summed E-state index contributed by atoms with van der Waals surface area (Å²) in [6.07, 6.45) is 2.46. The normalized spacial score (nSPS) is 17.1.